The van der Waals surface area contributed by atoms with Crippen LogP contribution < -0.4 is 15.0 Å². The number of carbonyl (C=O) groups is 1. The van der Waals surface area contributed by atoms with Crippen molar-refractivity contribution >= 4 is 29.0 Å². The van der Waals surface area contributed by atoms with Gasteiger partial charge in [0, 0.05) is 23.3 Å². The highest BCUT2D eigenvalue weighted by Gasteiger charge is 2.42. The van der Waals surface area contributed by atoms with Crippen LogP contribution in [0.15, 0.2) is 103 Å². The molecule has 0 bridgehead atoms. The number of benzene rings is 3. The fourth-order valence-corrected chi connectivity index (χ4v) is 6.07. The Kier molecular flexibility index (Phi) is 7.22. The summed E-state index contributed by atoms with van der Waals surface area (Å²) in [6, 6.07) is 30.4. The van der Waals surface area contributed by atoms with Crippen molar-refractivity contribution in [1.82, 2.24) is 14.9 Å². The Morgan fingerprint density at radius 3 is 2.36 bits per heavy atom. The third-order valence-electron chi connectivity index (χ3n) is 7.70. The summed E-state index contributed by atoms with van der Waals surface area (Å²) in [5.74, 6) is 0.572. The van der Waals surface area contributed by atoms with Crippen molar-refractivity contribution in [1.29, 1.82) is 0 Å². The molecule has 1 saturated heterocycles. The van der Waals surface area contributed by atoms with Crippen molar-refractivity contribution in [3.8, 4) is 17.2 Å². The molecule has 8 heteroatoms. The van der Waals surface area contributed by atoms with E-state index in [0.717, 1.165) is 45.4 Å². The van der Waals surface area contributed by atoms with Crippen molar-refractivity contribution in [2.45, 2.75) is 32.9 Å². The number of rotatable bonds is 7. The first-order valence-electron chi connectivity index (χ1n) is 13.7. The fraction of sp³-hybridized carbons (Fsp3) is 0.147. The lowest BCUT2D eigenvalue weighted by Gasteiger charge is -2.28. The van der Waals surface area contributed by atoms with E-state index in [-0.39, 0.29) is 17.6 Å². The molecular weight excluding hydrogens is 544 g/mol. The highest BCUT2D eigenvalue weighted by Crippen LogP contribution is 2.44. The molecule has 0 radical (unpaired) electrons. The summed E-state index contributed by atoms with van der Waals surface area (Å²) in [5, 5.41) is 14.0. The van der Waals surface area contributed by atoms with E-state index < -0.39 is 5.97 Å². The van der Waals surface area contributed by atoms with Crippen LogP contribution >= 0.6 is 12.2 Å². The summed E-state index contributed by atoms with van der Waals surface area (Å²) in [7, 11) is 0. The van der Waals surface area contributed by atoms with Gasteiger partial charge in [0.2, 0.25) is 0 Å². The Bertz CT molecular complexity index is 1780. The zero-order valence-corrected chi connectivity index (χ0v) is 24.3. The summed E-state index contributed by atoms with van der Waals surface area (Å²) in [4.78, 5) is 18.9. The molecule has 1 fully saturated rings. The minimum Gasteiger partial charge on any atom is -0.478 e. The molecule has 0 spiro atoms. The monoisotopic (exact) mass is 574 g/mol. The Balaban J connectivity index is 1.44. The number of anilines is 1. The number of nitrogens with one attached hydrogen (secondary N) is 1. The second-order valence-electron chi connectivity index (χ2n) is 10.3. The van der Waals surface area contributed by atoms with Crippen molar-refractivity contribution in [2.24, 2.45) is 0 Å². The minimum atomic E-state index is -0.968. The molecule has 1 aliphatic heterocycles. The summed E-state index contributed by atoms with van der Waals surface area (Å²) < 4.78 is 8.15. The normalized spacial score (nSPS) is 16.4. The summed E-state index contributed by atoms with van der Waals surface area (Å²) in [6.07, 6.45) is 1.78. The molecule has 7 nitrogen and oxygen atoms in total. The van der Waals surface area contributed by atoms with Gasteiger partial charge in [0.15, 0.2) is 5.11 Å². The van der Waals surface area contributed by atoms with Gasteiger partial charge >= 0.3 is 5.97 Å². The van der Waals surface area contributed by atoms with Crippen molar-refractivity contribution in [3.63, 3.8) is 0 Å². The molecule has 3 heterocycles. The van der Waals surface area contributed by atoms with E-state index in [4.69, 9.17) is 17.0 Å². The smallest absolute Gasteiger partial charge is 0.337 e. The molecule has 0 amide bonds. The second kappa shape index (κ2) is 11.1. The van der Waals surface area contributed by atoms with Gasteiger partial charge in [0.25, 0.3) is 0 Å². The number of carboxylic acids is 1. The SMILES string of the molecule is Cc1ccccc1Oc1ccc(N2C(=S)N[C@H](c3ccccn3)[C@H]2c2cc(C)n(-c3ccccc3C(=O)O)c2C)cc1. The summed E-state index contributed by atoms with van der Waals surface area (Å²) in [6.45, 7) is 6.04. The third-order valence-corrected chi connectivity index (χ3v) is 8.01. The number of carboxylic acid groups (broad SMARTS) is 1. The van der Waals surface area contributed by atoms with Gasteiger partial charge in [0.05, 0.1) is 29.0 Å². The van der Waals surface area contributed by atoms with Crippen LogP contribution in [-0.4, -0.2) is 25.7 Å². The highest BCUT2D eigenvalue weighted by atomic mass is 32.1. The molecule has 5 aromatic rings. The second-order valence-corrected chi connectivity index (χ2v) is 10.7. The van der Waals surface area contributed by atoms with E-state index in [2.05, 4.69) is 21.3 Å². The Hall–Kier alpha value is -4.95. The topological polar surface area (TPSA) is 79.6 Å². The molecule has 2 N–H and O–H groups in total. The van der Waals surface area contributed by atoms with E-state index in [1.54, 1.807) is 18.3 Å². The van der Waals surface area contributed by atoms with Crippen LogP contribution in [0.3, 0.4) is 0 Å². The van der Waals surface area contributed by atoms with Crippen molar-refractivity contribution < 1.29 is 14.6 Å². The molecule has 0 saturated carbocycles. The van der Waals surface area contributed by atoms with E-state index >= 15 is 0 Å². The van der Waals surface area contributed by atoms with Crippen LogP contribution in [0, 0.1) is 20.8 Å². The van der Waals surface area contributed by atoms with Crippen molar-refractivity contribution in [3.05, 3.63) is 137 Å². The first kappa shape index (κ1) is 27.2. The maximum atomic E-state index is 12.1. The number of pyridine rings is 1. The first-order chi connectivity index (χ1) is 20.3. The molecule has 6 rings (SSSR count). The van der Waals surface area contributed by atoms with Gasteiger partial charge in [-0.15, -0.1) is 0 Å². The fourth-order valence-electron chi connectivity index (χ4n) is 5.73. The van der Waals surface area contributed by atoms with Gasteiger partial charge in [-0.1, -0.05) is 36.4 Å². The minimum absolute atomic E-state index is 0.231. The molecule has 1 aliphatic rings. The summed E-state index contributed by atoms with van der Waals surface area (Å²) >= 11 is 5.93. The van der Waals surface area contributed by atoms with Crippen molar-refractivity contribution in [2.75, 3.05) is 4.90 Å². The number of hydrogen-bond donors (Lipinski definition) is 2. The van der Waals surface area contributed by atoms with E-state index in [1.807, 2.05) is 104 Å². The predicted octanol–water partition coefficient (Wildman–Crippen LogP) is 7.47. The van der Waals surface area contributed by atoms with Crippen LogP contribution in [0.25, 0.3) is 5.69 Å². The molecule has 3 aromatic carbocycles. The van der Waals surface area contributed by atoms with Gasteiger partial charge in [0.1, 0.15) is 11.5 Å². The number of para-hydroxylation sites is 2. The Morgan fingerprint density at radius 2 is 1.64 bits per heavy atom. The van der Waals surface area contributed by atoms with Crippen LogP contribution in [0.2, 0.25) is 0 Å². The lowest BCUT2D eigenvalue weighted by molar-refractivity contribution is 0.0697. The van der Waals surface area contributed by atoms with Gasteiger partial charge < -0.3 is 24.6 Å². The highest BCUT2D eigenvalue weighted by molar-refractivity contribution is 7.80. The van der Waals surface area contributed by atoms with Crippen LogP contribution in [0.5, 0.6) is 11.5 Å². The van der Waals surface area contributed by atoms with E-state index in [1.165, 1.54) is 0 Å². The number of aromatic nitrogens is 2. The average molecular weight is 575 g/mol. The lowest BCUT2D eigenvalue weighted by Crippen LogP contribution is -2.29. The predicted molar refractivity (Wildman–Crippen MR) is 168 cm³/mol. The maximum Gasteiger partial charge on any atom is 0.337 e. The quantitative estimate of drug-likeness (QED) is 0.195. The van der Waals surface area contributed by atoms with Gasteiger partial charge in [-0.05, 0) is 105 Å². The third kappa shape index (κ3) is 4.90. The Morgan fingerprint density at radius 1 is 0.929 bits per heavy atom. The number of aromatic carboxylic acids is 1. The maximum absolute atomic E-state index is 12.1. The summed E-state index contributed by atoms with van der Waals surface area (Å²) in [5.41, 5.74) is 6.58. The molecule has 0 unspecified atom stereocenters. The number of ether oxygens (including phenoxy) is 1. The lowest BCUT2D eigenvalue weighted by atomic mass is 9.96. The molecule has 210 valence electrons. The first-order valence-corrected chi connectivity index (χ1v) is 14.1. The Labute approximate surface area is 250 Å². The molecule has 2 atom stereocenters. The number of thiocarbonyl (C=S) groups is 1. The van der Waals surface area contributed by atoms with E-state index in [9.17, 15) is 9.90 Å². The molecular formula is C34H30N4O3S. The molecule has 42 heavy (non-hydrogen) atoms. The molecule has 0 aliphatic carbocycles. The number of nitrogens with zero attached hydrogens (tertiary/aromatic N) is 3. The van der Waals surface area contributed by atoms with Crippen LogP contribution in [0.4, 0.5) is 5.69 Å². The van der Waals surface area contributed by atoms with Crippen LogP contribution in [0.1, 0.15) is 50.7 Å². The number of aryl methyl sites for hydroxylation is 2. The standard InChI is InChI=1S/C34H30N4O3S/c1-21-10-4-7-14-30(21)41-25-17-15-24(16-18-25)38-32(31(36-34(38)42)28-12-8-9-19-35-28)27-20-22(2)37(23(27)3)29-13-6-5-11-26(29)33(39)40/h4-20,31-32H,1-3H3,(H,36,42)(H,39,40)/t31-,32-/m1/s1. The van der Waals surface area contributed by atoms with Gasteiger partial charge in [-0.2, -0.15) is 0 Å². The average Bonchev–Trinajstić information content (AvgIpc) is 3.49. The zero-order chi connectivity index (χ0) is 29.4. The zero-order valence-electron chi connectivity index (χ0n) is 23.5. The van der Waals surface area contributed by atoms with E-state index in [0.29, 0.717) is 10.8 Å². The largest absolute Gasteiger partial charge is 0.478 e. The number of hydrogen-bond acceptors (Lipinski definition) is 4. The van der Waals surface area contributed by atoms with Crippen LogP contribution in [-0.2, 0) is 0 Å². The molecule has 2 aromatic heterocycles. The van der Waals surface area contributed by atoms with Gasteiger partial charge in [-0.3, -0.25) is 4.98 Å². The van der Waals surface area contributed by atoms with Gasteiger partial charge in [-0.25, -0.2) is 4.79 Å².